The Hall–Kier alpha value is -3.08. The van der Waals surface area contributed by atoms with Crippen molar-refractivity contribution in [3.05, 3.63) is 70.1 Å². The number of phenols is 1. The summed E-state index contributed by atoms with van der Waals surface area (Å²) in [4.78, 5) is 24.1. The van der Waals surface area contributed by atoms with E-state index in [-0.39, 0.29) is 34.8 Å². The molecule has 0 saturated carbocycles. The summed E-state index contributed by atoms with van der Waals surface area (Å²) in [7, 11) is 0. The number of phenolic OH excluding ortho intramolecular Hbond substituents is 1. The molecule has 0 aliphatic carbocycles. The van der Waals surface area contributed by atoms with Crippen LogP contribution in [0.3, 0.4) is 0 Å². The van der Waals surface area contributed by atoms with Crippen molar-refractivity contribution in [1.29, 1.82) is 0 Å². The van der Waals surface area contributed by atoms with E-state index in [9.17, 15) is 19.8 Å². The molecule has 122 valence electrons. The molecule has 2 aromatic carbocycles. The average Bonchev–Trinajstić information content (AvgIpc) is 2.54. The van der Waals surface area contributed by atoms with Gasteiger partial charge in [-0.25, -0.2) is 4.79 Å². The SMILES string of the molecule is CC(=O)CC(c1ccccc1)c1c(O)c2ccc(O)cc2oc1=O. The number of aromatic hydroxyl groups is 2. The monoisotopic (exact) mass is 324 g/mol. The highest BCUT2D eigenvalue weighted by atomic mass is 16.4. The Morgan fingerprint density at radius 3 is 2.50 bits per heavy atom. The smallest absolute Gasteiger partial charge is 0.343 e. The Balaban J connectivity index is 2.26. The van der Waals surface area contributed by atoms with E-state index >= 15 is 0 Å². The van der Waals surface area contributed by atoms with Gasteiger partial charge in [-0.15, -0.1) is 0 Å². The minimum Gasteiger partial charge on any atom is -0.508 e. The van der Waals surface area contributed by atoms with E-state index in [0.717, 1.165) is 5.56 Å². The van der Waals surface area contributed by atoms with E-state index in [1.165, 1.54) is 25.1 Å². The van der Waals surface area contributed by atoms with Crippen LogP contribution in [0.4, 0.5) is 0 Å². The average molecular weight is 324 g/mol. The van der Waals surface area contributed by atoms with E-state index in [1.54, 1.807) is 24.3 Å². The number of ketones is 1. The number of benzene rings is 2. The molecule has 1 aromatic heterocycles. The van der Waals surface area contributed by atoms with Crippen molar-refractivity contribution in [2.24, 2.45) is 0 Å². The molecule has 1 heterocycles. The third-order valence-corrected chi connectivity index (χ3v) is 3.94. The molecule has 3 aromatic rings. The normalized spacial score (nSPS) is 12.2. The maximum atomic E-state index is 12.4. The Morgan fingerprint density at radius 2 is 1.83 bits per heavy atom. The predicted molar refractivity (Wildman–Crippen MR) is 89.4 cm³/mol. The van der Waals surface area contributed by atoms with Gasteiger partial charge in [0, 0.05) is 18.4 Å². The molecule has 0 fully saturated rings. The van der Waals surface area contributed by atoms with Crippen LogP contribution in [0.1, 0.15) is 30.4 Å². The Bertz CT molecular complexity index is 957. The van der Waals surface area contributed by atoms with E-state index in [2.05, 4.69) is 0 Å². The summed E-state index contributed by atoms with van der Waals surface area (Å²) in [5.41, 5.74) is 0.166. The zero-order chi connectivity index (χ0) is 17.3. The van der Waals surface area contributed by atoms with Crippen LogP contribution in [0.2, 0.25) is 0 Å². The molecule has 5 heteroatoms. The molecule has 0 saturated heterocycles. The zero-order valence-electron chi connectivity index (χ0n) is 13.0. The molecule has 0 amide bonds. The van der Waals surface area contributed by atoms with Gasteiger partial charge in [0.2, 0.25) is 0 Å². The maximum Gasteiger partial charge on any atom is 0.343 e. The van der Waals surface area contributed by atoms with Crippen molar-refractivity contribution in [2.45, 2.75) is 19.3 Å². The molecular formula is C19H16O5. The van der Waals surface area contributed by atoms with Crippen LogP contribution < -0.4 is 5.63 Å². The number of hydrogen-bond acceptors (Lipinski definition) is 5. The van der Waals surface area contributed by atoms with Gasteiger partial charge < -0.3 is 14.6 Å². The Morgan fingerprint density at radius 1 is 1.12 bits per heavy atom. The zero-order valence-corrected chi connectivity index (χ0v) is 13.0. The predicted octanol–water partition coefficient (Wildman–Crippen LogP) is 3.32. The third kappa shape index (κ3) is 2.88. The molecule has 3 rings (SSSR count). The lowest BCUT2D eigenvalue weighted by atomic mass is 9.87. The molecule has 0 aliphatic rings. The molecule has 0 aliphatic heterocycles. The van der Waals surface area contributed by atoms with Crippen molar-refractivity contribution in [3.63, 3.8) is 0 Å². The number of rotatable bonds is 4. The molecule has 1 unspecified atom stereocenters. The fourth-order valence-electron chi connectivity index (χ4n) is 2.85. The van der Waals surface area contributed by atoms with Gasteiger partial charge in [0.15, 0.2) is 0 Å². The second kappa shape index (κ2) is 6.20. The first kappa shape index (κ1) is 15.8. The first-order valence-electron chi connectivity index (χ1n) is 7.50. The second-order valence-electron chi connectivity index (χ2n) is 5.70. The van der Waals surface area contributed by atoms with Gasteiger partial charge in [0.1, 0.15) is 22.9 Å². The van der Waals surface area contributed by atoms with Gasteiger partial charge >= 0.3 is 5.63 Å². The minimum absolute atomic E-state index is 0.0505. The van der Waals surface area contributed by atoms with Crippen molar-refractivity contribution in [2.75, 3.05) is 0 Å². The maximum absolute atomic E-state index is 12.4. The number of Topliss-reactive ketones (excluding diaryl/α,β-unsaturated/α-hetero) is 1. The molecular weight excluding hydrogens is 308 g/mol. The number of hydrogen-bond donors (Lipinski definition) is 2. The van der Waals surface area contributed by atoms with Crippen LogP contribution in [-0.2, 0) is 4.79 Å². The topological polar surface area (TPSA) is 87.7 Å². The molecule has 24 heavy (non-hydrogen) atoms. The minimum atomic E-state index is -0.722. The lowest BCUT2D eigenvalue weighted by Gasteiger charge is -2.17. The van der Waals surface area contributed by atoms with Crippen LogP contribution in [0, 0.1) is 0 Å². The quantitative estimate of drug-likeness (QED) is 0.719. The highest BCUT2D eigenvalue weighted by Crippen LogP contribution is 2.36. The molecule has 2 N–H and O–H groups in total. The summed E-state index contributed by atoms with van der Waals surface area (Å²) in [6, 6.07) is 13.2. The standard InChI is InChI=1S/C19H16O5/c1-11(20)9-15(12-5-3-2-4-6-12)17-18(22)14-8-7-13(21)10-16(14)24-19(17)23/h2-8,10,15,21-22H,9H2,1H3. The summed E-state index contributed by atoms with van der Waals surface area (Å²) in [6.45, 7) is 1.44. The largest absolute Gasteiger partial charge is 0.508 e. The van der Waals surface area contributed by atoms with Crippen LogP contribution in [0.5, 0.6) is 11.5 Å². The molecule has 1 atom stereocenters. The summed E-state index contributed by atoms with van der Waals surface area (Å²) in [5.74, 6) is -0.996. The van der Waals surface area contributed by atoms with Crippen molar-refractivity contribution < 1.29 is 19.4 Å². The van der Waals surface area contributed by atoms with Crippen molar-refractivity contribution in [3.8, 4) is 11.5 Å². The van der Waals surface area contributed by atoms with Crippen LogP contribution in [0.15, 0.2) is 57.7 Å². The summed E-state index contributed by atoms with van der Waals surface area (Å²) < 4.78 is 5.25. The summed E-state index contributed by atoms with van der Waals surface area (Å²) >= 11 is 0. The van der Waals surface area contributed by atoms with Gasteiger partial charge in [0.05, 0.1) is 10.9 Å². The first-order valence-corrected chi connectivity index (χ1v) is 7.50. The van der Waals surface area contributed by atoms with Crippen LogP contribution in [0.25, 0.3) is 11.0 Å². The fourth-order valence-corrected chi connectivity index (χ4v) is 2.85. The number of carbonyl (C=O) groups excluding carboxylic acids is 1. The van der Waals surface area contributed by atoms with Crippen LogP contribution >= 0.6 is 0 Å². The van der Waals surface area contributed by atoms with Crippen LogP contribution in [-0.4, -0.2) is 16.0 Å². The lowest BCUT2D eigenvalue weighted by molar-refractivity contribution is -0.117. The van der Waals surface area contributed by atoms with E-state index in [1.807, 2.05) is 6.07 Å². The summed E-state index contributed by atoms with van der Waals surface area (Å²) in [5, 5.41) is 20.4. The number of fused-ring (bicyclic) bond motifs is 1. The third-order valence-electron chi connectivity index (χ3n) is 3.94. The Labute approximate surface area is 137 Å². The highest BCUT2D eigenvalue weighted by molar-refractivity contribution is 5.86. The molecule has 0 bridgehead atoms. The van der Waals surface area contributed by atoms with Gasteiger partial charge in [-0.05, 0) is 24.6 Å². The van der Waals surface area contributed by atoms with Gasteiger partial charge in [-0.1, -0.05) is 30.3 Å². The molecule has 0 spiro atoms. The van der Waals surface area contributed by atoms with E-state index in [4.69, 9.17) is 4.42 Å². The lowest BCUT2D eigenvalue weighted by Crippen LogP contribution is -2.16. The molecule has 5 nitrogen and oxygen atoms in total. The molecule has 0 radical (unpaired) electrons. The van der Waals surface area contributed by atoms with E-state index < -0.39 is 11.5 Å². The number of carbonyl (C=O) groups is 1. The first-order chi connectivity index (χ1) is 11.5. The van der Waals surface area contributed by atoms with Gasteiger partial charge in [-0.3, -0.25) is 4.79 Å². The van der Waals surface area contributed by atoms with Crippen molar-refractivity contribution >= 4 is 16.8 Å². The highest BCUT2D eigenvalue weighted by Gasteiger charge is 2.25. The second-order valence-corrected chi connectivity index (χ2v) is 5.70. The summed E-state index contributed by atoms with van der Waals surface area (Å²) in [6.07, 6.45) is 0.0753. The van der Waals surface area contributed by atoms with Gasteiger partial charge in [-0.2, -0.15) is 0 Å². The van der Waals surface area contributed by atoms with E-state index in [0.29, 0.717) is 5.39 Å². The van der Waals surface area contributed by atoms with Crippen molar-refractivity contribution in [1.82, 2.24) is 0 Å². The Kier molecular flexibility index (Phi) is 4.08. The fraction of sp³-hybridized carbons (Fsp3) is 0.158. The van der Waals surface area contributed by atoms with Gasteiger partial charge in [0.25, 0.3) is 0 Å².